The molecule has 0 unspecified atom stereocenters. The number of hydrogen-bond acceptors (Lipinski definition) is 4. The average Bonchev–Trinajstić information content (AvgIpc) is 3.21. The van der Waals surface area contributed by atoms with Gasteiger partial charge in [0.2, 0.25) is 0 Å². The highest BCUT2D eigenvalue weighted by atomic mass is 19.1. The third-order valence-electron chi connectivity index (χ3n) is 5.51. The number of ether oxygens (including phenoxy) is 1. The Hall–Kier alpha value is -3.22. The van der Waals surface area contributed by atoms with Crippen LogP contribution in [0.5, 0.6) is 0 Å². The number of fused-ring (bicyclic) bond motifs is 3. The molecule has 3 heterocycles. The minimum atomic E-state index is -0.652. The maximum Gasteiger partial charge on any atom is 0.339 e. The Morgan fingerprint density at radius 3 is 2.78 bits per heavy atom. The number of aromatic nitrogens is 2. The second kappa shape index (κ2) is 5.64. The summed E-state index contributed by atoms with van der Waals surface area (Å²) in [6.07, 6.45) is 1.08. The Bertz CT molecular complexity index is 1080. The van der Waals surface area contributed by atoms with E-state index < -0.39 is 5.60 Å². The van der Waals surface area contributed by atoms with Crippen LogP contribution < -0.4 is 0 Å². The van der Waals surface area contributed by atoms with E-state index in [1.54, 1.807) is 17.0 Å². The highest BCUT2D eigenvalue weighted by Gasteiger charge is 2.47. The second-order valence-corrected chi connectivity index (χ2v) is 6.98. The molecule has 0 aliphatic carbocycles. The Labute approximate surface area is 153 Å². The van der Waals surface area contributed by atoms with Crippen LogP contribution >= 0.6 is 0 Å². The normalized spacial score (nSPS) is 18.0. The Morgan fingerprint density at radius 1 is 1.19 bits per heavy atom. The van der Waals surface area contributed by atoms with E-state index >= 15 is 0 Å². The molecule has 2 aliphatic rings. The van der Waals surface area contributed by atoms with Crippen molar-refractivity contribution in [2.24, 2.45) is 0 Å². The van der Waals surface area contributed by atoms with Gasteiger partial charge in [-0.1, -0.05) is 18.2 Å². The van der Waals surface area contributed by atoms with Crippen molar-refractivity contribution in [3.8, 4) is 0 Å². The van der Waals surface area contributed by atoms with Crippen molar-refractivity contribution in [1.29, 1.82) is 0 Å². The first-order valence-electron chi connectivity index (χ1n) is 8.83. The van der Waals surface area contributed by atoms with Gasteiger partial charge in [-0.3, -0.25) is 9.89 Å². The fourth-order valence-corrected chi connectivity index (χ4v) is 4.09. The number of H-pyrrole nitrogens is 1. The standard InChI is InChI=1S/C20H16FN3O3/c21-12-5-6-14-16(11-12)22-23-17(14)18(25)24-9-7-20(8-10-24)15-4-2-1-3-13(15)19(26)27-20/h1-6,11H,7-10H2,(H,22,23). The zero-order valence-electron chi connectivity index (χ0n) is 14.4. The molecular formula is C20H16FN3O3. The average molecular weight is 365 g/mol. The zero-order chi connectivity index (χ0) is 18.6. The van der Waals surface area contributed by atoms with Crippen LogP contribution in [0.4, 0.5) is 4.39 Å². The first-order valence-corrected chi connectivity index (χ1v) is 8.83. The summed E-state index contributed by atoms with van der Waals surface area (Å²) in [6.45, 7) is 0.909. The number of carbonyl (C=O) groups is 2. The number of benzene rings is 2. The fourth-order valence-electron chi connectivity index (χ4n) is 4.09. The van der Waals surface area contributed by atoms with Crippen molar-refractivity contribution < 1.29 is 18.7 Å². The molecule has 6 nitrogen and oxygen atoms in total. The van der Waals surface area contributed by atoms with E-state index in [1.807, 2.05) is 18.2 Å². The molecule has 0 radical (unpaired) electrons. The van der Waals surface area contributed by atoms with Crippen LogP contribution in [0.3, 0.4) is 0 Å². The SMILES string of the molecule is O=C1OC2(CCN(C(=O)c3n[nH]c4cc(F)ccc34)CC2)c2ccccc21. The van der Waals surface area contributed by atoms with E-state index in [-0.39, 0.29) is 23.4 Å². The number of amides is 1. The third kappa shape index (κ3) is 2.34. The molecule has 0 saturated carbocycles. The molecule has 7 heteroatoms. The number of hydrogen-bond donors (Lipinski definition) is 1. The molecule has 27 heavy (non-hydrogen) atoms. The lowest BCUT2D eigenvalue weighted by molar-refractivity contribution is -0.0390. The van der Waals surface area contributed by atoms with Crippen LogP contribution in [0.2, 0.25) is 0 Å². The monoisotopic (exact) mass is 365 g/mol. The molecule has 0 bridgehead atoms. The number of esters is 1. The summed E-state index contributed by atoms with van der Waals surface area (Å²) in [5.74, 6) is -0.891. The van der Waals surface area contributed by atoms with E-state index in [2.05, 4.69) is 10.2 Å². The van der Waals surface area contributed by atoms with Crippen molar-refractivity contribution >= 4 is 22.8 Å². The van der Waals surface area contributed by atoms with Crippen LogP contribution in [0.15, 0.2) is 42.5 Å². The van der Waals surface area contributed by atoms with Gasteiger partial charge in [-0.25, -0.2) is 9.18 Å². The lowest BCUT2D eigenvalue weighted by Gasteiger charge is -2.38. The minimum absolute atomic E-state index is 0.208. The molecule has 2 aliphatic heterocycles. The van der Waals surface area contributed by atoms with Gasteiger partial charge in [-0.15, -0.1) is 0 Å². The van der Waals surface area contributed by atoms with Gasteiger partial charge < -0.3 is 9.64 Å². The molecule has 3 aromatic rings. The van der Waals surface area contributed by atoms with Crippen molar-refractivity contribution in [2.75, 3.05) is 13.1 Å². The van der Waals surface area contributed by atoms with Crippen LogP contribution in [0, 0.1) is 5.82 Å². The molecular weight excluding hydrogens is 349 g/mol. The summed E-state index contributed by atoms with van der Waals surface area (Å²) < 4.78 is 19.1. The number of nitrogens with zero attached hydrogens (tertiary/aromatic N) is 2. The third-order valence-corrected chi connectivity index (χ3v) is 5.51. The van der Waals surface area contributed by atoms with Gasteiger partial charge in [-0.2, -0.15) is 5.10 Å². The quantitative estimate of drug-likeness (QED) is 0.673. The number of rotatable bonds is 1. The number of piperidine rings is 1. The van der Waals surface area contributed by atoms with Gasteiger partial charge in [-0.05, 0) is 24.3 Å². The molecule has 1 amide bonds. The summed E-state index contributed by atoms with van der Waals surface area (Å²) in [7, 11) is 0. The van der Waals surface area contributed by atoms with E-state index in [0.29, 0.717) is 42.4 Å². The summed E-state index contributed by atoms with van der Waals surface area (Å²) in [5, 5.41) is 7.39. The van der Waals surface area contributed by atoms with Gasteiger partial charge in [0, 0.05) is 36.9 Å². The minimum Gasteiger partial charge on any atom is -0.450 e. The lowest BCUT2D eigenvalue weighted by Crippen LogP contribution is -2.45. The molecule has 0 atom stereocenters. The molecule has 1 spiro atoms. The summed E-state index contributed by atoms with van der Waals surface area (Å²) in [5.41, 5.74) is 1.64. The van der Waals surface area contributed by atoms with Gasteiger partial charge in [0.25, 0.3) is 5.91 Å². The maximum absolute atomic E-state index is 13.3. The Kier molecular flexibility index (Phi) is 3.34. The summed E-state index contributed by atoms with van der Waals surface area (Å²) >= 11 is 0. The van der Waals surface area contributed by atoms with Gasteiger partial charge in [0.15, 0.2) is 5.69 Å². The van der Waals surface area contributed by atoms with Gasteiger partial charge in [0.1, 0.15) is 11.4 Å². The number of halogens is 1. The van der Waals surface area contributed by atoms with Crippen LogP contribution in [-0.4, -0.2) is 40.1 Å². The number of carbonyl (C=O) groups excluding carboxylic acids is 2. The first kappa shape index (κ1) is 16.0. The van der Waals surface area contributed by atoms with E-state index in [0.717, 1.165) is 5.56 Å². The topological polar surface area (TPSA) is 75.3 Å². The van der Waals surface area contributed by atoms with Crippen LogP contribution in [0.1, 0.15) is 39.3 Å². The van der Waals surface area contributed by atoms with E-state index in [9.17, 15) is 14.0 Å². The van der Waals surface area contributed by atoms with Crippen molar-refractivity contribution in [2.45, 2.75) is 18.4 Å². The molecule has 1 aromatic heterocycles. The molecule has 1 saturated heterocycles. The van der Waals surface area contributed by atoms with Gasteiger partial charge >= 0.3 is 5.97 Å². The van der Waals surface area contributed by atoms with E-state index in [1.165, 1.54) is 12.1 Å². The van der Waals surface area contributed by atoms with Crippen molar-refractivity contribution in [3.05, 3.63) is 65.1 Å². The smallest absolute Gasteiger partial charge is 0.339 e. The predicted octanol–water partition coefficient (Wildman–Crippen LogP) is 3.00. The molecule has 1 N–H and O–H groups in total. The Balaban J connectivity index is 1.39. The summed E-state index contributed by atoms with van der Waals surface area (Å²) in [6, 6.07) is 11.6. The highest BCUT2D eigenvalue weighted by Crippen LogP contribution is 2.44. The van der Waals surface area contributed by atoms with Crippen molar-refractivity contribution in [1.82, 2.24) is 15.1 Å². The lowest BCUT2D eigenvalue weighted by atomic mass is 9.83. The number of nitrogens with one attached hydrogen (secondary N) is 1. The van der Waals surface area contributed by atoms with E-state index in [4.69, 9.17) is 4.74 Å². The Morgan fingerprint density at radius 2 is 1.96 bits per heavy atom. The first-order chi connectivity index (χ1) is 13.1. The maximum atomic E-state index is 13.3. The summed E-state index contributed by atoms with van der Waals surface area (Å²) in [4.78, 5) is 26.8. The number of likely N-dealkylation sites (tertiary alicyclic amines) is 1. The van der Waals surface area contributed by atoms with Gasteiger partial charge in [0.05, 0.1) is 11.1 Å². The predicted molar refractivity (Wildman–Crippen MR) is 94.7 cm³/mol. The van der Waals surface area contributed by atoms with Crippen LogP contribution in [-0.2, 0) is 10.3 Å². The molecule has 136 valence electrons. The largest absolute Gasteiger partial charge is 0.450 e. The molecule has 2 aromatic carbocycles. The molecule has 1 fully saturated rings. The zero-order valence-corrected chi connectivity index (χ0v) is 14.4. The van der Waals surface area contributed by atoms with Crippen LogP contribution in [0.25, 0.3) is 10.9 Å². The van der Waals surface area contributed by atoms with Crippen molar-refractivity contribution in [3.63, 3.8) is 0 Å². The fraction of sp³-hybridized carbons (Fsp3) is 0.250. The number of aromatic amines is 1. The molecule has 5 rings (SSSR count). The second-order valence-electron chi connectivity index (χ2n) is 6.98. The highest BCUT2D eigenvalue weighted by molar-refractivity contribution is 6.04.